The minimum absolute atomic E-state index is 0.0496. The normalized spacial score (nSPS) is 15.0. The van der Waals surface area contributed by atoms with Crippen LogP contribution < -0.4 is 5.32 Å². The fourth-order valence-electron chi connectivity index (χ4n) is 5.52. The summed E-state index contributed by atoms with van der Waals surface area (Å²) >= 11 is 0. The van der Waals surface area contributed by atoms with Crippen LogP contribution in [0.5, 0.6) is 0 Å². The van der Waals surface area contributed by atoms with E-state index in [1.807, 2.05) is 27.2 Å². The number of aliphatic hydroxyl groups excluding tert-OH is 1. The molecule has 0 radical (unpaired) electrons. The van der Waals surface area contributed by atoms with Crippen molar-refractivity contribution >= 4 is 13.7 Å². The summed E-state index contributed by atoms with van der Waals surface area (Å²) in [5.74, 6) is -0.368. The molecule has 0 aliphatic heterocycles. The van der Waals surface area contributed by atoms with Gasteiger partial charge in [0.15, 0.2) is 0 Å². The van der Waals surface area contributed by atoms with Gasteiger partial charge in [0.05, 0.1) is 39.9 Å². The molecule has 3 N–H and O–H groups in total. The number of carbonyl (C=O) groups excluding carboxylic acids is 1. The number of hydrogen-bond donors (Lipinski definition) is 3. The first kappa shape index (κ1) is 47.7. The molecule has 0 aromatic rings. The summed E-state index contributed by atoms with van der Waals surface area (Å²) in [4.78, 5) is 21.5. The van der Waals surface area contributed by atoms with Crippen LogP contribution in [0.25, 0.3) is 0 Å². The minimum Gasteiger partial charge on any atom is -0.387 e. The van der Waals surface area contributed by atoms with Crippen LogP contribution in [0, 0.1) is 0 Å². The number of carbonyl (C=O) groups is 1. The van der Waals surface area contributed by atoms with Crippen molar-refractivity contribution in [2.75, 3.05) is 40.9 Å². The molecule has 0 aromatic heterocycles. The number of nitrogens with one attached hydrogen (secondary N) is 1. The first-order valence-electron chi connectivity index (χ1n) is 19.8. The van der Waals surface area contributed by atoms with Gasteiger partial charge >= 0.3 is 7.82 Å². The lowest BCUT2D eigenvalue weighted by atomic mass is 10.0. The zero-order valence-electron chi connectivity index (χ0n) is 32.4. The molecule has 49 heavy (non-hydrogen) atoms. The molecule has 0 bridgehead atoms. The summed E-state index contributed by atoms with van der Waals surface area (Å²) < 4.78 is 22.8. The van der Waals surface area contributed by atoms with E-state index in [2.05, 4.69) is 36.5 Å². The summed E-state index contributed by atoms with van der Waals surface area (Å²) in [5.41, 5.74) is 0. The molecule has 3 unspecified atom stereocenters. The summed E-state index contributed by atoms with van der Waals surface area (Å²) in [6, 6.07) is -0.868. The summed E-state index contributed by atoms with van der Waals surface area (Å²) in [6.07, 6.45) is 41.6. The second kappa shape index (κ2) is 32.6. The number of allylic oxidation sites excluding steroid dienone is 5. The fraction of sp³-hybridized carbons (Fsp3) is 0.825. The van der Waals surface area contributed by atoms with Crippen molar-refractivity contribution in [1.82, 2.24) is 5.32 Å². The first-order valence-corrected chi connectivity index (χ1v) is 21.3. The van der Waals surface area contributed by atoms with E-state index in [-0.39, 0.29) is 19.1 Å². The Morgan fingerprint density at radius 1 is 0.673 bits per heavy atom. The Labute approximate surface area is 302 Å². The van der Waals surface area contributed by atoms with E-state index in [4.69, 9.17) is 9.05 Å². The number of nitrogens with zero attached hydrogens (tertiary/aromatic N) is 1. The number of amides is 1. The Morgan fingerprint density at radius 2 is 1.08 bits per heavy atom. The van der Waals surface area contributed by atoms with Gasteiger partial charge in [-0.1, -0.05) is 153 Å². The molecule has 0 spiro atoms. The van der Waals surface area contributed by atoms with Crippen LogP contribution in [0.4, 0.5) is 0 Å². The van der Waals surface area contributed by atoms with Crippen molar-refractivity contribution in [3.05, 3.63) is 36.5 Å². The number of hydrogen-bond acceptors (Lipinski definition) is 5. The molecule has 0 aliphatic carbocycles. The molecule has 288 valence electrons. The lowest BCUT2D eigenvalue weighted by Crippen LogP contribution is -2.44. The van der Waals surface area contributed by atoms with Crippen LogP contribution in [-0.2, 0) is 18.4 Å². The van der Waals surface area contributed by atoms with E-state index in [0.29, 0.717) is 11.0 Å². The minimum atomic E-state index is -4.30. The van der Waals surface area contributed by atoms with Gasteiger partial charge in [-0.25, -0.2) is 4.57 Å². The molecule has 9 heteroatoms. The molecular formula is C40H78N2O6P+. The highest BCUT2D eigenvalue weighted by Crippen LogP contribution is 2.43. The monoisotopic (exact) mass is 714 g/mol. The standard InChI is InChI=1S/C40H77N2O6P/c1-6-7-8-9-10-11-12-13-14-15-16-17-18-19-20-21-22-23-24-25-26-27-28-29-30-31-32-33-34-40(44)39(41-38(2)43)37-48-49(45,46)47-36-35-42(3,4)5/h25-26,29-30,33-34,39-40,44H,6-24,27-28,31-32,35-37H2,1-5H3,(H-,41,43,45,46)/p+1/b26-25+,30-29+,34-33+. The van der Waals surface area contributed by atoms with Crippen LogP contribution in [0.3, 0.4) is 0 Å². The van der Waals surface area contributed by atoms with Gasteiger partial charge in [0, 0.05) is 6.92 Å². The van der Waals surface area contributed by atoms with Crippen LogP contribution in [0.15, 0.2) is 36.5 Å². The third kappa shape index (κ3) is 36.3. The van der Waals surface area contributed by atoms with Gasteiger partial charge in [-0.2, -0.15) is 0 Å². The number of aliphatic hydroxyl groups is 1. The Bertz CT molecular complexity index is 902. The topological polar surface area (TPSA) is 105 Å². The van der Waals surface area contributed by atoms with E-state index >= 15 is 0 Å². The van der Waals surface area contributed by atoms with Gasteiger partial charge in [0.1, 0.15) is 13.2 Å². The zero-order valence-corrected chi connectivity index (χ0v) is 33.3. The molecule has 0 rings (SSSR count). The van der Waals surface area contributed by atoms with Crippen molar-refractivity contribution in [1.29, 1.82) is 0 Å². The predicted octanol–water partition coefficient (Wildman–Crippen LogP) is 10.4. The molecule has 3 atom stereocenters. The largest absolute Gasteiger partial charge is 0.472 e. The lowest BCUT2D eigenvalue weighted by molar-refractivity contribution is -0.870. The van der Waals surface area contributed by atoms with Gasteiger partial charge in [-0.15, -0.1) is 0 Å². The Kier molecular flexibility index (Phi) is 31.8. The van der Waals surface area contributed by atoms with Gasteiger partial charge in [0.2, 0.25) is 5.91 Å². The van der Waals surface area contributed by atoms with Gasteiger partial charge in [-0.05, 0) is 38.5 Å². The number of likely N-dealkylation sites (N-methyl/N-ethyl adjacent to an activating group) is 1. The summed E-state index contributed by atoms with van der Waals surface area (Å²) in [7, 11) is 1.53. The quantitative estimate of drug-likeness (QED) is 0.0261. The highest BCUT2D eigenvalue weighted by molar-refractivity contribution is 7.47. The lowest BCUT2D eigenvalue weighted by Gasteiger charge is -2.25. The van der Waals surface area contributed by atoms with Gasteiger partial charge < -0.3 is 19.8 Å². The molecule has 0 heterocycles. The zero-order chi connectivity index (χ0) is 36.5. The Balaban J connectivity index is 3.78. The van der Waals surface area contributed by atoms with Gasteiger partial charge in [0.25, 0.3) is 0 Å². The molecule has 0 saturated carbocycles. The average molecular weight is 714 g/mol. The summed E-state index contributed by atoms with van der Waals surface area (Å²) in [6.45, 7) is 3.83. The predicted molar refractivity (Wildman–Crippen MR) is 208 cm³/mol. The number of phosphoric ester groups is 1. The molecule has 0 aliphatic rings. The smallest absolute Gasteiger partial charge is 0.387 e. The maximum atomic E-state index is 12.2. The molecular weight excluding hydrogens is 635 g/mol. The van der Waals surface area contributed by atoms with Crippen molar-refractivity contribution in [3.63, 3.8) is 0 Å². The van der Waals surface area contributed by atoms with Crippen LogP contribution in [0.1, 0.15) is 162 Å². The van der Waals surface area contributed by atoms with Crippen molar-refractivity contribution < 1.29 is 32.9 Å². The van der Waals surface area contributed by atoms with E-state index in [0.717, 1.165) is 25.7 Å². The molecule has 0 fully saturated rings. The molecule has 8 nitrogen and oxygen atoms in total. The molecule has 0 saturated heterocycles. The van der Waals surface area contributed by atoms with Crippen LogP contribution in [-0.4, -0.2) is 73.4 Å². The third-order valence-corrected chi connectivity index (χ3v) is 9.61. The SMILES string of the molecule is CCCCCCCCCCCCCCCCCCCC/C=C/CC/C=C/CC/C=C/C(O)C(COP(=O)(O)OCC[N+](C)(C)C)NC(C)=O. The molecule has 1 amide bonds. The van der Waals surface area contributed by atoms with Crippen LogP contribution in [0.2, 0.25) is 0 Å². The first-order chi connectivity index (χ1) is 23.5. The second-order valence-electron chi connectivity index (χ2n) is 14.7. The number of unbranched alkanes of at least 4 members (excludes halogenated alkanes) is 20. The van der Waals surface area contributed by atoms with Crippen molar-refractivity contribution in [2.24, 2.45) is 0 Å². The van der Waals surface area contributed by atoms with Crippen molar-refractivity contribution in [2.45, 2.75) is 174 Å². The second-order valence-corrected chi connectivity index (χ2v) is 16.2. The highest BCUT2D eigenvalue weighted by atomic mass is 31.2. The van der Waals surface area contributed by atoms with E-state index in [9.17, 15) is 19.4 Å². The molecule has 0 aromatic carbocycles. The van der Waals surface area contributed by atoms with E-state index in [1.165, 1.54) is 129 Å². The van der Waals surface area contributed by atoms with E-state index < -0.39 is 20.0 Å². The number of rotatable bonds is 35. The Morgan fingerprint density at radius 3 is 1.51 bits per heavy atom. The maximum Gasteiger partial charge on any atom is 0.472 e. The number of phosphoric acid groups is 1. The number of quaternary nitrogens is 1. The van der Waals surface area contributed by atoms with Crippen LogP contribution >= 0.6 is 7.82 Å². The third-order valence-electron chi connectivity index (χ3n) is 8.63. The van der Waals surface area contributed by atoms with Gasteiger partial charge in [-0.3, -0.25) is 13.8 Å². The highest BCUT2D eigenvalue weighted by Gasteiger charge is 2.27. The summed E-state index contributed by atoms with van der Waals surface area (Å²) in [5, 5.41) is 13.1. The average Bonchev–Trinajstić information content (AvgIpc) is 3.03. The van der Waals surface area contributed by atoms with Crippen molar-refractivity contribution in [3.8, 4) is 0 Å². The fourth-order valence-corrected chi connectivity index (χ4v) is 6.25. The Hall–Kier alpha value is -1.28. The maximum absolute atomic E-state index is 12.2. The van der Waals surface area contributed by atoms with E-state index in [1.54, 1.807) is 6.08 Å².